The van der Waals surface area contributed by atoms with Gasteiger partial charge >= 0.3 is 5.95 Å². The third-order valence-electron chi connectivity index (χ3n) is 4.91. The average Bonchev–Trinajstić information content (AvgIpc) is 3.06. The Labute approximate surface area is 156 Å². The van der Waals surface area contributed by atoms with Crippen molar-refractivity contribution in [3.05, 3.63) is 41.6 Å². The van der Waals surface area contributed by atoms with Crippen molar-refractivity contribution in [2.24, 2.45) is 0 Å². The van der Waals surface area contributed by atoms with Crippen LogP contribution in [-0.2, 0) is 9.59 Å². The zero-order chi connectivity index (χ0) is 18.8. The molecule has 1 aliphatic carbocycles. The minimum absolute atomic E-state index is 0.235. The fourth-order valence-electron chi connectivity index (χ4n) is 3.25. The molecular formula is C20H21N3O4. The molecule has 1 unspecified atom stereocenters. The summed E-state index contributed by atoms with van der Waals surface area (Å²) in [6.45, 7) is 0. The van der Waals surface area contributed by atoms with Crippen LogP contribution in [0.25, 0.3) is 17.2 Å². The highest BCUT2D eigenvalue weighted by atomic mass is 16.6. The molecule has 0 bridgehead atoms. The largest absolute Gasteiger partial charge is 0.467 e. The number of aromatic nitrogens is 1. The van der Waals surface area contributed by atoms with E-state index < -0.39 is 6.04 Å². The van der Waals surface area contributed by atoms with E-state index in [0.717, 1.165) is 30.5 Å². The topological polar surface area (TPSA) is 93.5 Å². The lowest BCUT2D eigenvalue weighted by Gasteiger charge is -2.28. The van der Waals surface area contributed by atoms with E-state index in [-0.39, 0.29) is 11.8 Å². The van der Waals surface area contributed by atoms with Gasteiger partial charge in [0.15, 0.2) is 5.69 Å². The van der Waals surface area contributed by atoms with Crippen molar-refractivity contribution in [1.82, 2.24) is 15.6 Å². The highest BCUT2D eigenvalue weighted by Crippen LogP contribution is 2.38. The number of imide groups is 1. The SMILES string of the molecule is COc1oc(-c2ccccc2)nc1C(NC1CCC(=O)NC1=O)=C1CCC1. The second-order valence-electron chi connectivity index (χ2n) is 6.71. The molecular weight excluding hydrogens is 346 g/mol. The second-order valence-corrected chi connectivity index (χ2v) is 6.71. The first-order valence-corrected chi connectivity index (χ1v) is 9.08. The lowest BCUT2D eigenvalue weighted by atomic mass is 9.89. The number of ether oxygens (including phenoxy) is 1. The summed E-state index contributed by atoms with van der Waals surface area (Å²) in [5.41, 5.74) is 3.38. The number of methoxy groups -OCH3 is 1. The summed E-state index contributed by atoms with van der Waals surface area (Å²) < 4.78 is 11.2. The van der Waals surface area contributed by atoms with Gasteiger partial charge in [-0.1, -0.05) is 18.2 Å². The first-order valence-electron chi connectivity index (χ1n) is 9.08. The fraction of sp³-hybridized carbons (Fsp3) is 0.350. The van der Waals surface area contributed by atoms with Gasteiger partial charge in [0.05, 0.1) is 12.8 Å². The predicted molar refractivity (Wildman–Crippen MR) is 98.6 cm³/mol. The van der Waals surface area contributed by atoms with Crippen LogP contribution in [0.1, 0.15) is 37.8 Å². The monoisotopic (exact) mass is 367 g/mol. The maximum atomic E-state index is 12.2. The standard InChI is InChI=1S/C20H21N3O4/c1-26-20-17(23-19(27-20)13-6-3-2-4-7-13)16(12-8-5-9-12)21-14-10-11-15(24)22-18(14)25/h2-4,6-7,14,21H,5,8-11H2,1H3,(H,22,24,25). The van der Waals surface area contributed by atoms with Crippen LogP contribution in [0.5, 0.6) is 5.95 Å². The number of carbonyl (C=O) groups is 2. The summed E-state index contributed by atoms with van der Waals surface area (Å²) in [6.07, 6.45) is 3.74. The van der Waals surface area contributed by atoms with Crippen molar-refractivity contribution >= 4 is 17.5 Å². The first kappa shape index (κ1) is 17.3. The van der Waals surface area contributed by atoms with E-state index in [1.165, 1.54) is 12.7 Å². The van der Waals surface area contributed by atoms with Crippen molar-refractivity contribution in [2.75, 3.05) is 7.11 Å². The van der Waals surface area contributed by atoms with Crippen molar-refractivity contribution in [3.8, 4) is 17.4 Å². The van der Waals surface area contributed by atoms with E-state index in [1.807, 2.05) is 30.3 Å². The Morgan fingerprint density at radius 1 is 1.22 bits per heavy atom. The van der Waals surface area contributed by atoms with Crippen LogP contribution in [-0.4, -0.2) is 29.9 Å². The number of allylic oxidation sites excluding steroid dienone is 1. The quantitative estimate of drug-likeness (QED) is 0.789. The Balaban J connectivity index is 1.68. The maximum Gasteiger partial charge on any atom is 0.315 e. The Kier molecular flexibility index (Phi) is 4.66. The Hall–Kier alpha value is -3.09. The maximum absolute atomic E-state index is 12.2. The van der Waals surface area contributed by atoms with Crippen LogP contribution in [0.3, 0.4) is 0 Å². The molecule has 0 spiro atoms. The summed E-state index contributed by atoms with van der Waals surface area (Å²) in [7, 11) is 1.54. The van der Waals surface area contributed by atoms with Crippen LogP contribution >= 0.6 is 0 Å². The number of amides is 2. The summed E-state index contributed by atoms with van der Waals surface area (Å²) in [5.74, 6) is 0.226. The van der Waals surface area contributed by atoms with E-state index in [2.05, 4.69) is 15.6 Å². The van der Waals surface area contributed by atoms with Crippen LogP contribution in [0, 0.1) is 0 Å². The molecule has 2 aliphatic rings. The van der Waals surface area contributed by atoms with Crippen LogP contribution in [0.15, 0.2) is 40.3 Å². The molecule has 1 saturated heterocycles. The molecule has 7 nitrogen and oxygen atoms in total. The number of piperidine rings is 1. The Morgan fingerprint density at radius 2 is 2.00 bits per heavy atom. The summed E-state index contributed by atoms with van der Waals surface area (Å²) >= 11 is 0. The number of nitrogens with one attached hydrogen (secondary N) is 2. The van der Waals surface area contributed by atoms with Crippen molar-refractivity contribution in [1.29, 1.82) is 0 Å². The van der Waals surface area contributed by atoms with Gasteiger partial charge in [0, 0.05) is 12.0 Å². The van der Waals surface area contributed by atoms with Crippen molar-refractivity contribution < 1.29 is 18.7 Å². The summed E-state index contributed by atoms with van der Waals surface area (Å²) in [5, 5.41) is 5.68. The van der Waals surface area contributed by atoms with E-state index in [1.54, 1.807) is 0 Å². The highest BCUT2D eigenvalue weighted by molar-refractivity contribution is 6.00. The van der Waals surface area contributed by atoms with E-state index in [0.29, 0.717) is 30.4 Å². The second kappa shape index (κ2) is 7.26. The third-order valence-corrected chi connectivity index (χ3v) is 4.91. The molecule has 1 saturated carbocycles. The molecule has 2 amide bonds. The molecule has 2 fully saturated rings. The van der Waals surface area contributed by atoms with Crippen LogP contribution in [0.2, 0.25) is 0 Å². The molecule has 1 aromatic heterocycles. The highest BCUT2D eigenvalue weighted by Gasteiger charge is 2.31. The number of nitrogens with zero attached hydrogens (tertiary/aromatic N) is 1. The lowest BCUT2D eigenvalue weighted by molar-refractivity contribution is -0.134. The van der Waals surface area contributed by atoms with Gasteiger partial charge in [-0.15, -0.1) is 0 Å². The molecule has 2 aromatic rings. The van der Waals surface area contributed by atoms with Crippen molar-refractivity contribution in [2.45, 2.75) is 38.1 Å². The van der Waals surface area contributed by atoms with Gasteiger partial charge in [0.2, 0.25) is 17.7 Å². The van der Waals surface area contributed by atoms with Gasteiger partial charge < -0.3 is 14.5 Å². The number of benzene rings is 1. The molecule has 1 atom stereocenters. The zero-order valence-electron chi connectivity index (χ0n) is 15.1. The molecule has 1 aliphatic heterocycles. The molecule has 140 valence electrons. The molecule has 1 aromatic carbocycles. The minimum atomic E-state index is -0.479. The van der Waals surface area contributed by atoms with Gasteiger partial charge in [-0.2, -0.15) is 0 Å². The molecule has 0 radical (unpaired) electrons. The van der Waals surface area contributed by atoms with Crippen LogP contribution < -0.4 is 15.4 Å². The van der Waals surface area contributed by atoms with Gasteiger partial charge in [0.25, 0.3) is 0 Å². The average molecular weight is 367 g/mol. The van der Waals surface area contributed by atoms with E-state index in [9.17, 15) is 9.59 Å². The Bertz CT molecular complexity index is 895. The Morgan fingerprint density at radius 3 is 2.63 bits per heavy atom. The molecule has 4 rings (SSSR count). The molecule has 27 heavy (non-hydrogen) atoms. The first-order chi connectivity index (χ1) is 13.2. The summed E-state index contributed by atoms with van der Waals surface area (Å²) in [4.78, 5) is 28.3. The van der Waals surface area contributed by atoms with Crippen molar-refractivity contribution in [3.63, 3.8) is 0 Å². The molecule has 2 N–H and O–H groups in total. The number of hydrogen-bond acceptors (Lipinski definition) is 6. The fourth-order valence-corrected chi connectivity index (χ4v) is 3.25. The minimum Gasteiger partial charge on any atom is -0.467 e. The smallest absolute Gasteiger partial charge is 0.315 e. The number of carbonyl (C=O) groups excluding carboxylic acids is 2. The van der Waals surface area contributed by atoms with Gasteiger partial charge in [0.1, 0.15) is 6.04 Å². The number of oxazole rings is 1. The van der Waals surface area contributed by atoms with Gasteiger partial charge in [-0.3, -0.25) is 14.9 Å². The number of hydrogen-bond donors (Lipinski definition) is 2. The molecule has 7 heteroatoms. The third kappa shape index (κ3) is 3.45. The molecule has 2 heterocycles. The van der Waals surface area contributed by atoms with E-state index >= 15 is 0 Å². The zero-order valence-corrected chi connectivity index (χ0v) is 15.1. The normalized spacial score (nSPS) is 19.3. The predicted octanol–water partition coefficient (Wildman–Crippen LogP) is 2.64. The van der Waals surface area contributed by atoms with Crippen LogP contribution in [0.4, 0.5) is 0 Å². The van der Waals surface area contributed by atoms with Gasteiger partial charge in [-0.25, -0.2) is 4.98 Å². The lowest BCUT2D eigenvalue weighted by Crippen LogP contribution is -2.50. The number of rotatable bonds is 5. The summed E-state index contributed by atoms with van der Waals surface area (Å²) in [6, 6.07) is 9.11. The van der Waals surface area contributed by atoms with Gasteiger partial charge in [-0.05, 0) is 43.4 Å². The van der Waals surface area contributed by atoms with E-state index in [4.69, 9.17) is 9.15 Å².